The number of carbonyl (C=O) groups is 1. The Morgan fingerprint density at radius 3 is 2.68 bits per heavy atom. The maximum atomic E-state index is 12.3. The minimum absolute atomic E-state index is 0.0817. The van der Waals surface area contributed by atoms with Gasteiger partial charge in [0, 0.05) is 31.9 Å². The van der Waals surface area contributed by atoms with Crippen molar-refractivity contribution in [3.63, 3.8) is 0 Å². The molecule has 0 aromatic heterocycles. The van der Waals surface area contributed by atoms with Crippen molar-refractivity contribution in [3.8, 4) is 0 Å². The quantitative estimate of drug-likeness (QED) is 0.809. The largest absolute Gasteiger partial charge is 0.381 e. The first kappa shape index (κ1) is 16.2. The van der Waals surface area contributed by atoms with Crippen LogP contribution in [0.3, 0.4) is 0 Å². The number of likely N-dealkylation sites (tertiary alicyclic amines) is 1. The van der Waals surface area contributed by atoms with E-state index in [-0.39, 0.29) is 23.5 Å². The van der Waals surface area contributed by atoms with Crippen molar-refractivity contribution in [2.75, 3.05) is 39.5 Å². The topological polar surface area (TPSA) is 50.8 Å². The van der Waals surface area contributed by atoms with E-state index in [9.17, 15) is 4.79 Å². The molecule has 1 aliphatic carbocycles. The summed E-state index contributed by atoms with van der Waals surface area (Å²) in [6.45, 7) is 7.42. The van der Waals surface area contributed by atoms with Crippen LogP contribution in [0.5, 0.6) is 0 Å². The fraction of sp³-hybridized carbons (Fsp3) is 0.941. The third-order valence-electron chi connectivity index (χ3n) is 5.49. The van der Waals surface area contributed by atoms with Crippen molar-refractivity contribution in [1.29, 1.82) is 0 Å². The highest BCUT2D eigenvalue weighted by Crippen LogP contribution is 2.35. The number of hydrogen-bond acceptors (Lipinski definition) is 4. The standard InChI is InChI=1S/C17H30N2O3/c1-2-22-15-12-14(15)16(20)18-13-17(6-10-21-11-7-17)19-8-4-3-5-9-19/h14-15H,2-13H2,1H3,(H,18,20)/t14-,15+/m1/s1. The van der Waals surface area contributed by atoms with Crippen molar-refractivity contribution in [1.82, 2.24) is 10.2 Å². The number of nitrogens with one attached hydrogen (secondary N) is 1. The van der Waals surface area contributed by atoms with Gasteiger partial charge in [-0.25, -0.2) is 0 Å². The summed E-state index contributed by atoms with van der Waals surface area (Å²) < 4.78 is 11.1. The molecule has 0 radical (unpaired) electrons. The Morgan fingerprint density at radius 2 is 2.00 bits per heavy atom. The summed E-state index contributed by atoms with van der Waals surface area (Å²) in [6.07, 6.45) is 7.02. The predicted molar refractivity (Wildman–Crippen MR) is 84.7 cm³/mol. The van der Waals surface area contributed by atoms with Crippen molar-refractivity contribution < 1.29 is 14.3 Å². The first-order valence-electron chi connectivity index (χ1n) is 8.97. The van der Waals surface area contributed by atoms with Crippen LogP contribution in [0.4, 0.5) is 0 Å². The third-order valence-corrected chi connectivity index (χ3v) is 5.49. The van der Waals surface area contributed by atoms with Gasteiger partial charge in [-0.3, -0.25) is 9.69 Å². The SMILES string of the molecule is CCO[C@H]1C[C@H]1C(=O)NCC1(N2CCCCC2)CCOCC1. The molecule has 0 spiro atoms. The van der Waals surface area contributed by atoms with Crippen LogP contribution in [0.15, 0.2) is 0 Å². The van der Waals surface area contributed by atoms with Crippen LogP contribution in [0.2, 0.25) is 0 Å². The maximum Gasteiger partial charge on any atom is 0.225 e. The number of carbonyl (C=O) groups excluding carboxylic acids is 1. The van der Waals surface area contributed by atoms with E-state index in [1.54, 1.807) is 0 Å². The van der Waals surface area contributed by atoms with Gasteiger partial charge in [-0.2, -0.15) is 0 Å². The number of amides is 1. The lowest BCUT2D eigenvalue weighted by molar-refractivity contribution is -0.124. The van der Waals surface area contributed by atoms with Gasteiger partial charge in [0.25, 0.3) is 0 Å². The Kier molecular flexibility index (Phi) is 5.37. The molecule has 2 saturated heterocycles. The average molecular weight is 310 g/mol. The van der Waals surface area contributed by atoms with Crippen LogP contribution in [0.25, 0.3) is 0 Å². The zero-order valence-corrected chi connectivity index (χ0v) is 13.8. The van der Waals surface area contributed by atoms with Gasteiger partial charge >= 0.3 is 0 Å². The first-order valence-corrected chi connectivity index (χ1v) is 8.97. The van der Waals surface area contributed by atoms with Gasteiger partial charge in [0.2, 0.25) is 5.91 Å². The lowest BCUT2D eigenvalue weighted by Gasteiger charge is -2.48. The minimum atomic E-state index is 0.0817. The van der Waals surface area contributed by atoms with Crippen LogP contribution >= 0.6 is 0 Å². The maximum absolute atomic E-state index is 12.3. The highest BCUT2D eigenvalue weighted by atomic mass is 16.5. The fourth-order valence-corrected chi connectivity index (χ4v) is 3.95. The molecule has 1 saturated carbocycles. The molecule has 5 heteroatoms. The summed E-state index contributed by atoms with van der Waals surface area (Å²) in [5.41, 5.74) is 0.115. The molecule has 22 heavy (non-hydrogen) atoms. The molecule has 0 aromatic rings. The number of ether oxygens (including phenoxy) is 2. The summed E-state index contributed by atoms with van der Waals surface area (Å²) in [7, 11) is 0. The molecular weight excluding hydrogens is 280 g/mol. The Balaban J connectivity index is 1.55. The van der Waals surface area contributed by atoms with Gasteiger partial charge in [0.05, 0.1) is 12.0 Å². The summed E-state index contributed by atoms with van der Waals surface area (Å²) in [6, 6.07) is 0. The molecule has 2 heterocycles. The molecule has 2 aliphatic heterocycles. The van der Waals surface area contributed by atoms with E-state index >= 15 is 0 Å². The number of piperidine rings is 1. The lowest BCUT2D eigenvalue weighted by Crippen LogP contribution is -2.59. The molecule has 126 valence electrons. The van der Waals surface area contributed by atoms with Gasteiger partial charge in [-0.1, -0.05) is 6.42 Å². The molecule has 0 aromatic carbocycles. The van der Waals surface area contributed by atoms with Crippen LogP contribution in [-0.4, -0.2) is 61.9 Å². The van der Waals surface area contributed by atoms with Crippen molar-refractivity contribution in [2.24, 2.45) is 5.92 Å². The molecule has 2 atom stereocenters. The minimum Gasteiger partial charge on any atom is -0.381 e. The van der Waals surface area contributed by atoms with Crippen LogP contribution < -0.4 is 5.32 Å². The van der Waals surface area contributed by atoms with E-state index in [1.807, 2.05) is 6.92 Å². The smallest absolute Gasteiger partial charge is 0.225 e. The molecular formula is C17H30N2O3. The van der Waals surface area contributed by atoms with E-state index in [1.165, 1.54) is 32.4 Å². The van der Waals surface area contributed by atoms with Crippen molar-refractivity contribution >= 4 is 5.91 Å². The van der Waals surface area contributed by atoms with E-state index in [4.69, 9.17) is 9.47 Å². The molecule has 3 fully saturated rings. The summed E-state index contributed by atoms with van der Waals surface area (Å²) in [4.78, 5) is 14.9. The second kappa shape index (κ2) is 7.28. The summed E-state index contributed by atoms with van der Waals surface area (Å²) in [5.74, 6) is 0.263. The van der Waals surface area contributed by atoms with E-state index < -0.39 is 0 Å². The third kappa shape index (κ3) is 3.63. The zero-order valence-electron chi connectivity index (χ0n) is 13.8. The highest BCUT2D eigenvalue weighted by molar-refractivity contribution is 5.82. The van der Waals surface area contributed by atoms with Crippen LogP contribution in [0.1, 0.15) is 45.4 Å². The fourth-order valence-electron chi connectivity index (χ4n) is 3.95. The molecule has 3 aliphatic rings. The lowest BCUT2D eigenvalue weighted by atomic mass is 9.86. The van der Waals surface area contributed by atoms with Gasteiger partial charge in [-0.15, -0.1) is 0 Å². The van der Waals surface area contributed by atoms with Gasteiger partial charge in [0.15, 0.2) is 0 Å². The Morgan fingerprint density at radius 1 is 1.27 bits per heavy atom. The number of nitrogens with zero attached hydrogens (tertiary/aromatic N) is 1. The van der Waals surface area contributed by atoms with Crippen LogP contribution in [-0.2, 0) is 14.3 Å². The Bertz CT molecular complexity index is 376. The Hall–Kier alpha value is -0.650. The molecule has 5 nitrogen and oxygen atoms in total. The molecule has 3 rings (SSSR count). The zero-order chi connectivity index (χ0) is 15.4. The molecule has 1 N–H and O–H groups in total. The van der Waals surface area contributed by atoms with Crippen LogP contribution in [0, 0.1) is 5.92 Å². The van der Waals surface area contributed by atoms with Gasteiger partial charge in [-0.05, 0) is 52.1 Å². The predicted octanol–water partition coefficient (Wildman–Crippen LogP) is 1.56. The second-order valence-electron chi connectivity index (χ2n) is 6.94. The second-order valence-corrected chi connectivity index (χ2v) is 6.94. The molecule has 0 bridgehead atoms. The molecule has 0 unspecified atom stereocenters. The van der Waals surface area contributed by atoms with Crippen molar-refractivity contribution in [2.45, 2.75) is 57.1 Å². The number of hydrogen-bond donors (Lipinski definition) is 1. The number of rotatable bonds is 6. The first-order chi connectivity index (χ1) is 10.7. The highest BCUT2D eigenvalue weighted by Gasteiger charge is 2.45. The summed E-state index contributed by atoms with van der Waals surface area (Å²) >= 11 is 0. The summed E-state index contributed by atoms with van der Waals surface area (Å²) in [5, 5.41) is 3.22. The van der Waals surface area contributed by atoms with Crippen molar-refractivity contribution in [3.05, 3.63) is 0 Å². The van der Waals surface area contributed by atoms with Gasteiger partial charge < -0.3 is 14.8 Å². The van der Waals surface area contributed by atoms with E-state index in [2.05, 4.69) is 10.2 Å². The average Bonchev–Trinajstić information content (AvgIpc) is 3.34. The van der Waals surface area contributed by atoms with E-state index in [0.717, 1.165) is 39.0 Å². The monoisotopic (exact) mass is 310 g/mol. The van der Waals surface area contributed by atoms with E-state index in [0.29, 0.717) is 6.61 Å². The van der Waals surface area contributed by atoms with Gasteiger partial charge in [0.1, 0.15) is 0 Å². The normalized spacial score (nSPS) is 31.7. The Labute approximate surface area is 133 Å². The molecule has 1 amide bonds.